The maximum atomic E-state index is 10.3. The van der Waals surface area contributed by atoms with E-state index in [1.807, 2.05) is 0 Å². The van der Waals surface area contributed by atoms with Crippen molar-refractivity contribution in [2.45, 2.75) is 6.92 Å². The maximum Gasteiger partial charge on any atom is 0.332 e. The predicted octanol–water partition coefficient (Wildman–Crippen LogP) is -0.540. The van der Waals surface area contributed by atoms with E-state index in [9.17, 15) is 4.79 Å². The molecule has 0 amide bonds. The molecule has 0 atom stereocenters. The molecule has 0 spiro atoms. The molecular weight excluding hydrogens is 148 g/mol. The predicted molar refractivity (Wildman–Crippen MR) is 38.9 cm³/mol. The Hall–Kier alpha value is -0.870. The van der Waals surface area contributed by atoms with Crippen molar-refractivity contribution in [3.63, 3.8) is 0 Å². The number of esters is 1. The highest BCUT2D eigenvalue weighted by atomic mass is 16.5. The van der Waals surface area contributed by atoms with E-state index in [2.05, 4.69) is 4.74 Å². The van der Waals surface area contributed by atoms with Crippen LogP contribution in [0.4, 0.5) is 0 Å². The second-order valence-electron chi connectivity index (χ2n) is 2.05. The van der Waals surface area contributed by atoms with E-state index >= 15 is 0 Å². The number of rotatable bonds is 4. The van der Waals surface area contributed by atoms with Gasteiger partial charge in [-0.05, 0) is 18.6 Å². The highest BCUT2D eigenvalue weighted by Gasteiger charge is 1.95. The molecule has 4 nitrogen and oxygen atoms in total. The van der Waals surface area contributed by atoms with Crippen LogP contribution >= 0.6 is 0 Å². The minimum Gasteiger partial charge on any atom is -0.460 e. The molecule has 64 valence electrons. The molecule has 0 aliphatic carbocycles. The van der Waals surface area contributed by atoms with Gasteiger partial charge in [0.25, 0.3) is 0 Å². The summed E-state index contributed by atoms with van der Waals surface area (Å²) in [4.78, 5) is 10.3. The fraction of sp³-hybridized carbons (Fsp3) is 0.571. The zero-order valence-corrected chi connectivity index (χ0v) is 6.41. The fourth-order valence-corrected chi connectivity index (χ4v) is 0.387. The van der Waals surface area contributed by atoms with Crippen LogP contribution in [0, 0.1) is 0 Å². The van der Waals surface area contributed by atoms with E-state index in [1.165, 1.54) is 0 Å². The van der Waals surface area contributed by atoms with E-state index in [0.29, 0.717) is 0 Å². The number of hydrogen-bond donors (Lipinski definition) is 2. The number of carbonyl (C=O) groups excluding carboxylic acids is 1. The van der Waals surface area contributed by atoms with Crippen LogP contribution < -0.4 is 0 Å². The van der Waals surface area contributed by atoms with Crippen LogP contribution in [-0.2, 0) is 9.53 Å². The Morgan fingerprint density at radius 2 is 2.09 bits per heavy atom. The fourth-order valence-electron chi connectivity index (χ4n) is 0.387. The second-order valence-corrected chi connectivity index (χ2v) is 2.05. The Balaban J connectivity index is 3.48. The van der Waals surface area contributed by atoms with Gasteiger partial charge >= 0.3 is 5.97 Å². The Kier molecular flexibility index (Phi) is 5.42. The molecule has 0 aromatic carbocycles. The molecule has 0 unspecified atom stereocenters. The normalized spacial score (nSPS) is 11.4. The largest absolute Gasteiger partial charge is 0.460 e. The van der Waals surface area contributed by atoms with Crippen molar-refractivity contribution < 1.29 is 19.7 Å². The van der Waals surface area contributed by atoms with Crippen LogP contribution in [0.5, 0.6) is 0 Å². The number of aliphatic hydroxyl groups excluding tert-OH is 2. The zero-order valence-electron chi connectivity index (χ0n) is 6.41. The first-order valence-corrected chi connectivity index (χ1v) is 3.23. The quantitative estimate of drug-likeness (QED) is 0.428. The van der Waals surface area contributed by atoms with Gasteiger partial charge in [-0.25, -0.2) is 4.79 Å². The van der Waals surface area contributed by atoms with Gasteiger partial charge in [-0.3, -0.25) is 0 Å². The third kappa shape index (κ3) is 5.57. The molecule has 0 fully saturated rings. The molecule has 0 saturated carbocycles. The molecule has 11 heavy (non-hydrogen) atoms. The van der Waals surface area contributed by atoms with Crippen molar-refractivity contribution in [3.05, 3.63) is 11.6 Å². The molecule has 0 aromatic heterocycles. The summed E-state index contributed by atoms with van der Waals surface area (Å²) in [6.45, 7) is 1.17. The van der Waals surface area contributed by atoms with Gasteiger partial charge in [0.05, 0.1) is 6.61 Å². The van der Waals surface area contributed by atoms with Gasteiger partial charge in [-0.1, -0.05) is 0 Å². The lowest BCUT2D eigenvalue weighted by molar-refractivity contribution is -0.145. The summed E-state index contributed by atoms with van der Waals surface area (Å²) in [7, 11) is 0. The average Bonchev–Trinajstić information content (AvgIpc) is 2.04. The minimum atomic E-state index is -0.660. The van der Waals surface area contributed by atoms with Crippen LogP contribution in [0.2, 0.25) is 0 Å². The van der Waals surface area contributed by atoms with Crippen molar-refractivity contribution in [1.29, 1.82) is 0 Å². The van der Waals surface area contributed by atoms with Crippen LogP contribution in [0.1, 0.15) is 6.92 Å². The molecule has 4 heteroatoms. The Morgan fingerprint density at radius 1 is 1.45 bits per heavy atom. The number of ether oxygens (including phenoxy) is 1. The molecule has 0 heterocycles. The highest BCUT2D eigenvalue weighted by molar-refractivity contribution is 5.70. The molecule has 0 bridgehead atoms. The van der Waals surface area contributed by atoms with Gasteiger partial charge in [0.1, 0.15) is 13.2 Å². The van der Waals surface area contributed by atoms with Gasteiger partial charge in [-0.15, -0.1) is 0 Å². The molecule has 0 aliphatic heterocycles. The number of carbonyl (C=O) groups is 1. The van der Waals surface area contributed by atoms with Crippen LogP contribution in [0.25, 0.3) is 0 Å². The van der Waals surface area contributed by atoms with Crippen molar-refractivity contribution in [1.82, 2.24) is 0 Å². The zero-order chi connectivity index (χ0) is 8.69. The van der Waals surface area contributed by atoms with E-state index in [0.717, 1.165) is 5.57 Å². The van der Waals surface area contributed by atoms with E-state index in [1.54, 1.807) is 13.0 Å². The summed E-state index contributed by atoms with van der Waals surface area (Å²) in [5, 5.41) is 16.7. The van der Waals surface area contributed by atoms with Gasteiger partial charge in [0, 0.05) is 0 Å². The molecule has 0 saturated heterocycles. The third-order valence-corrected chi connectivity index (χ3v) is 1.05. The van der Waals surface area contributed by atoms with Crippen molar-refractivity contribution >= 4 is 5.97 Å². The summed E-state index contributed by atoms with van der Waals surface area (Å²) < 4.78 is 4.49. The molecule has 0 radical (unpaired) electrons. The summed E-state index contributed by atoms with van der Waals surface area (Å²) in [5.74, 6) is -0.660. The first kappa shape index (κ1) is 10.1. The summed E-state index contributed by atoms with van der Waals surface area (Å²) in [6.07, 6.45) is 1.58. The molecule has 0 aliphatic rings. The molecule has 0 aromatic rings. The maximum absolute atomic E-state index is 10.3. The molecule has 0 rings (SSSR count). The van der Waals surface area contributed by atoms with Gasteiger partial charge < -0.3 is 14.9 Å². The standard InChI is InChI=1S/C7H12O4/c1-6(4-8)2-3-11-7(10)5-9/h2,8-9H,3-5H2,1H3. The Morgan fingerprint density at radius 3 is 2.55 bits per heavy atom. The Bertz CT molecular complexity index is 151. The van der Waals surface area contributed by atoms with E-state index in [4.69, 9.17) is 10.2 Å². The first-order chi connectivity index (χ1) is 5.20. The van der Waals surface area contributed by atoms with E-state index in [-0.39, 0.29) is 13.2 Å². The number of aliphatic hydroxyl groups is 2. The van der Waals surface area contributed by atoms with Crippen LogP contribution in [0.3, 0.4) is 0 Å². The minimum absolute atomic E-state index is 0.0450. The number of hydrogen-bond acceptors (Lipinski definition) is 4. The average molecular weight is 160 g/mol. The van der Waals surface area contributed by atoms with Crippen molar-refractivity contribution in [2.24, 2.45) is 0 Å². The second kappa shape index (κ2) is 5.88. The SMILES string of the molecule is CC(=CCOC(=O)CO)CO. The first-order valence-electron chi connectivity index (χ1n) is 3.23. The lowest BCUT2D eigenvalue weighted by atomic mass is 10.3. The molecular formula is C7H12O4. The van der Waals surface area contributed by atoms with E-state index < -0.39 is 12.6 Å². The van der Waals surface area contributed by atoms with Crippen LogP contribution in [-0.4, -0.2) is 36.0 Å². The van der Waals surface area contributed by atoms with Crippen molar-refractivity contribution in [2.75, 3.05) is 19.8 Å². The van der Waals surface area contributed by atoms with Gasteiger partial charge in [0.2, 0.25) is 0 Å². The third-order valence-electron chi connectivity index (χ3n) is 1.05. The lowest BCUT2D eigenvalue weighted by Gasteiger charge is -1.98. The van der Waals surface area contributed by atoms with Gasteiger partial charge in [-0.2, -0.15) is 0 Å². The summed E-state index contributed by atoms with van der Waals surface area (Å²) >= 11 is 0. The topological polar surface area (TPSA) is 66.8 Å². The smallest absolute Gasteiger partial charge is 0.332 e. The summed E-state index contributed by atoms with van der Waals surface area (Å²) in [5.41, 5.74) is 0.732. The van der Waals surface area contributed by atoms with Crippen molar-refractivity contribution in [3.8, 4) is 0 Å². The molecule has 2 N–H and O–H groups in total. The lowest BCUT2D eigenvalue weighted by Crippen LogP contribution is -2.09. The summed E-state index contributed by atoms with van der Waals surface area (Å²) in [6, 6.07) is 0. The Labute approximate surface area is 65.1 Å². The van der Waals surface area contributed by atoms with Crippen LogP contribution in [0.15, 0.2) is 11.6 Å². The van der Waals surface area contributed by atoms with Gasteiger partial charge in [0.15, 0.2) is 0 Å². The monoisotopic (exact) mass is 160 g/mol. The highest BCUT2D eigenvalue weighted by Crippen LogP contribution is 1.89.